The number of ether oxygens (including phenoxy) is 1. The second-order valence-electron chi connectivity index (χ2n) is 5.19. The molecule has 0 aliphatic carbocycles. The first-order valence-corrected chi connectivity index (χ1v) is 9.21. The number of benzene rings is 1. The number of halogens is 6. The number of hydrogen-bond donors (Lipinski definition) is 1. The molecule has 11 heteroatoms. The highest BCUT2D eigenvalue weighted by molar-refractivity contribution is 7.15. The molecule has 142 valence electrons. The average Bonchev–Trinajstić information content (AvgIpc) is 3.01. The van der Waals surface area contributed by atoms with Crippen LogP contribution in [0.1, 0.15) is 10.4 Å². The second-order valence-corrected chi connectivity index (χ2v) is 7.70. The highest BCUT2D eigenvalue weighted by Gasteiger charge is 2.31. The van der Waals surface area contributed by atoms with Crippen LogP contribution in [0, 0.1) is 0 Å². The van der Waals surface area contributed by atoms with Gasteiger partial charge in [-0.05, 0) is 24.3 Å². The average molecular weight is 455 g/mol. The maximum atomic E-state index is 12.7. The summed E-state index contributed by atoms with van der Waals surface area (Å²) in [6.45, 7) is 0.507. The predicted molar refractivity (Wildman–Crippen MR) is 100 cm³/mol. The van der Waals surface area contributed by atoms with Gasteiger partial charge in [0.15, 0.2) is 4.47 Å². The summed E-state index contributed by atoms with van der Waals surface area (Å²) >= 11 is 19.1. The monoisotopic (exact) mass is 453 g/mol. The lowest BCUT2D eigenvalue weighted by Crippen LogP contribution is -2.05. The van der Waals surface area contributed by atoms with Crippen molar-refractivity contribution in [3.05, 3.63) is 61.6 Å². The number of alkyl halides is 3. The molecular weight excluding hydrogens is 446 g/mol. The van der Waals surface area contributed by atoms with Crippen molar-refractivity contribution >= 4 is 51.8 Å². The number of aromatic nitrogens is 2. The molecule has 2 aromatic heterocycles. The fourth-order valence-electron chi connectivity index (χ4n) is 2.01. The van der Waals surface area contributed by atoms with Crippen LogP contribution in [0.3, 0.4) is 0 Å². The van der Waals surface area contributed by atoms with Gasteiger partial charge in [0, 0.05) is 23.0 Å². The topological polar surface area (TPSA) is 47.0 Å². The highest BCUT2D eigenvalue weighted by atomic mass is 35.5. The molecular formula is C16H9Cl3F3N3OS. The van der Waals surface area contributed by atoms with E-state index in [4.69, 9.17) is 39.5 Å². The van der Waals surface area contributed by atoms with Gasteiger partial charge in [0.2, 0.25) is 5.88 Å². The number of nitrogens with zero attached hydrogens (tertiary/aromatic N) is 2. The molecule has 0 aliphatic rings. The normalized spacial score (nSPS) is 11.5. The third-order valence-electron chi connectivity index (χ3n) is 3.27. The number of thiazole rings is 1. The fourth-order valence-corrected chi connectivity index (χ4v) is 3.35. The van der Waals surface area contributed by atoms with Crippen LogP contribution in [-0.4, -0.2) is 9.97 Å². The summed E-state index contributed by atoms with van der Waals surface area (Å²) in [6, 6.07) is 5.60. The van der Waals surface area contributed by atoms with Gasteiger partial charge in [-0.25, -0.2) is 9.97 Å². The highest BCUT2D eigenvalue weighted by Crippen LogP contribution is 2.37. The van der Waals surface area contributed by atoms with E-state index in [1.54, 1.807) is 24.4 Å². The van der Waals surface area contributed by atoms with Gasteiger partial charge < -0.3 is 10.1 Å². The number of nitrogens with one attached hydrogen (secondary N) is 1. The Morgan fingerprint density at radius 3 is 2.41 bits per heavy atom. The van der Waals surface area contributed by atoms with Gasteiger partial charge in [-0.1, -0.05) is 34.8 Å². The number of rotatable bonds is 5. The molecule has 2 heterocycles. The molecule has 0 radical (unpaired) electrons. The Hall–Kier alpha value is -1.74. The van der Waals surface area contributed by atoms with Crippen molar-refractivity contribution in [2.75, 3.05) is 5.32 Å². The number of hydrogen-bond acceptors (Lipinski definition) is 5. The zero-order valence-corrected chi connectivity index (χ0v) is 16.2. The van der Waals surface area contributed by atoms with E-state index in [9.17, 15) is 13.2 Å². The van der Waals surface area contributed by atoms with E-state index in [0.717, 1.165) is 10.9 Å². The molecule has 27 heavy (non-hydrogen) atoms. The van der Waals surface area contributed by atoms with Crippen molar-refractivity contribution < 1.29 is 17.9 Å². The van der Waals surface area contributed by atoms with E-state index >= 15 is 0 Å². The minimum absolute atomic E-state index is 0.174. The molecule has 0 spiro atoms. The Balaban J connectivity index is 1.71. The molecule has 0 atom stereocenters. The lowest BCUT2D eigenvalue weighted by atomic mass is 10.2. The predicted octanol–water partition coefficient (Wildman–Crippen LogP) is 6.92. The third kappa shape index (κ3) is 5.16. The van der Waals surface area contributed by atoms with Gasteiger partial charge in [-0.15, -0.1) is 11.3 Å². The second kappa shape index (κ2) is 8.10. The maximum absolute atomic E-state index is 12.7. The van der Waals surface area contributed by atoms with Crippen LogP contribution in [0.25, 0.3) is 0 Å². The van der Waals surface area contributed by atoms with E-state index in [1.807, 2.05) is 0 Å². The minimum atomic E-state index is -4.54. The van der Waals surface area contributed by atoms with Gasteiger partial charge in [-0.2, -0.15) is 13.2 Å². The smallest absolute Gasteiger partial charge is 0.417 e. The van der Waals surface area contributed by atoms with Crippen molar-refractivity contribution in [2.24, 2.45) is 0 Å². The van der Waals surface area contributed by atoms with Gasteiger partial charge in [0.1, 0.15) is 10.8 Å². The van der Waals surface area contributed by atoms with Crippen molar-refractivity contribution in [1.29, 1.82) is 0 Å². The summed E-state index contributed by atoms with van der Waals surface area (Å²) in [5.74, 6) is 0.0313. The van der Waals surface area contributed by atoms with Crippen LogP contribution in [-0.2, 0) is 12.7 Å². The molecule has 0 aliphatic heterocycles. The standard InChI is InChI=1S/C16H9Cl3F3N3OS/c17-11-4-9(23-6-10-7-25-15(19)27-10)1-2-13(11)26-14-12(18)3-8(5-24-14)16(20,21)22/h1-5,7,23H,6H2. The van der Waals surface area contributed by atoms with E-state index in [1.165, 1.54) is 11.3 Å². The van der Waals surface area contributed by atoms with E-state index in [0.29, 0.717) is 22.9 Å². The first-order chi connectivity index (χ1) is 12.7. The van der Waals surface area contributed by atoms with Crippen molar-refractivity contribution in [3.63, 3.8) is 0 Å². The van der Waals surface area contributed by atoms with E-state index < -0.39 is 11.7 Å². The molecule has 0 amide bonds. The summed E-state index contributed by atoms with van der Waals surface area (Å²) in [4.78, 5) is 8.50. The Kier molecular flexibility index (Phi) is 6.00. The van der Waals surface area contributed by atoms with Crippen LogP contribution in [0.2, 0.25) is 14.5 Å². The van der Waals surface area contributed by atoms with Crippen LogP contribution < -0.4 is 10.1 Å². The molecule has 1 aromatic carbocycles. The SMILES string of the molecule is FC(F)(F)c1cnc(Oc2ccc(NCc3cnc(Cl)s3)cc2Cl)c(Cl)c1. The number of pyridine rings is 1. The minimum Gasteiger partial charge on any atom is -0.436 e. The Bertz CT molecular complexity index is 966. The molecule has 0 fully saturated rings. The molecule has 4 nitrogen and oxygen atoms in total. The van der Waals surface area contributed by atoms with Gasteiger partial charge in [0.25, 0.3) is 0 Å². The van der Waals surface area contributed by atoms with Crippen molar-refractivity contribution in [2.45, 2.75) is 12.7 Å². The van der Waals surface area contributed by atoms with Crippen molar-refractivity contribution in [1.82, 2.24) is 9.97 Å². The molecule has 0 bridgehead atoms. The molecule has 3 aromatic rings. The van der Waals surface area contributed by atoms with Crippen LogP contribution in [0.4, 0.5) is 18.9 Å². The molecule has 0 unspecified atom stereocenters. The molecule has 0 saturated heterocycles. The maximum Gasteiger partial charge on any atom is 0.417 e. The first-order valence-electron chi connectivity index (χ1n) is 7.26. The third-order valence-corrected chi connectivity index (χ3v) is 4.95. The van der Waals surface area contributed by atoms with Crippen molar-refractivity contribution in [3.8, 4) is 11.6 Å². The Morgan fingerprint density at radius 2 is 1.81 bits per heavy atom. The van der Waals surface area contributed by atoms with Gasteiger partial charge in [0.05, 0.1) is 17.1 Å². The van der Waals surface area contributed by atoms with E-state index in [2.05, 4.69) is 15.3 Å². The largest absolute Gasteiger partial charge is 0.436 e. The lowest BCUT2D eigenvalue weighted by Gasteiger charge is -2.12. The Morgan fingerprint density at radius 1 is 1.04 bits per heavy atom. The summed E-state index contributed by atoms with van der Waals surface area (Å²) in [6.07, 6.45) is -2.23. The zero-order chi connectivity index (χ0) is 19.6. The Labute approximate surface area is 170 Å². The molecule has 3 rings (SSSR count). The fraction of sp³-hybridized carbons (Fsp3) is 0.125. The molecule has 1 N–H and O–H groups in total. The summed E-state index contributed by atoms with van der Waals surface area (Å²) in [5.41, 5.74) is -0.253. The number of anilines is 1. The quantitative estimate of drug-likeness (QED) is 0.454. The lowest BCUT2D eigenvalue weighted by molar-refractivity contribution is -0.137. The zero-order valence-electron chi connectivity index (χ0n) is 13.1. The van der Waals surface area contributed by atoms with Crippen LogP contribution in [0.15, 0.2) is 36.7 Å². The summed E-state index contributed by atoms with van der Waals surface area (Å²) in [5, 5.41) is 3.11. The van der Waals surface area contributed by atoms with E-state index in [-0.39, 0.29) is 21.7 Å². The summed E-state index contributed by atoms with van der Waals surface area (Å²) in [7, 11) is 0. The first kappa shape index (κ1) is 20.0. The van der Waals surface area contributed by atoms with Gasteiger partial charge >= 0.3 is 6.18 Å². The molecule has 0 saturated carbocycles. The van der Waals surface area contributed by atoms with Crippen LogP contribution >= 0.6 is 46.1 Å². The van der Waals surface area contributed by atoms with Crippen LogP contribution in [0.5, 0.6) is 11.6 Å². The summed E-state index contributed by atoms with van der Waals surface area (Å²) < 4.78 is 43.8. The van der Waals surface area contributed by atoms with Gasteiger partial charge in [-0.3, -0.25) is 0 Å².